The molecule has 5 atom stereocenters. The van der Waals surface area contributed by atoms with E-state index in [0.717, 1.165) is 34.3 Å². The summed E-state index contributed by atoms with van der Waals surface area (Å²) in [6.45, 7) is 12.3. The first-order valence-corrected chi connectivity index (χ1v) is 41.2. The summed E-state index contributed by atoms with van der Waals surface area (Å²) >= 11 is 0. The zero-order chi connectivity index (χ0) is 81.4. The Morgan fingerprint density at radius 2 is 1.19 bits per heavy atom. The van der Waals surface area contributed by atoms with Gasteiger partial charge in [0.05, 0.1) is 161 Å². The van der Waals surface area contributed by atoms with Gasteiger partial charge in [0.2, 0.25) is 30.4 Å². The van der Waals surface area contributed by atoms with E-state index in [2.05, 4.69) is 27.3 Å². The van der Waals surface area contributed by atoms with Crippen molar-refractivity contribution in [3.8, 4) is 34.5 Å². The van der Waals surface area contributed by atoms with Crippen LogP contribution < -0.4 is 55.1 Å². The van der Waals surface area contributed by atoms with Crippen molar-refractivity contribution in [2.24, 2.45) is 28.7 Å². The molecule has 0 radical (unpaired) electrons. The maximum absolute atomic E-state index is 14.2. The number of ketones is 1. The second-order valence-electron chi connectivity index (χ2n) is 30.2. The standard InChI is InChI=1S/C88H115N7O21/c1-58(2)84(94-83(98)25-29-105-31-33-107-35-37-109-39-41-111-43-44-112-42-40-110-38-36-108-34-32-106-30-26-89-82(97)24-19-64-46-65(48-75(64)96)60-13-10-8-6-7-9-11-14-60)87(101)92-59(3)86(100)93-68-20-15-61(16-21-68)67-47-69-55-91-74-53-81(78(104-5)51-72(74)88(102)95(69)56-67)114-28-12-27-113-80-52-73-71(50-77(80)103-4)85(99)70-22-17-62(45-66(70)54-90-73)63-18-23-76-79(49-63)116-57-115-76/h15-18,20-21,23,49-56,58-60,64-65,69,84H,6-14,19,22,24-48,57H2,1-5H3,(H,89,97)(H,92,101)(H,93,100)(H,94,98). The van der Waals surface area contributed by atoms with E-state index in [0.29, 0.717) is 230 Å². The first kappa shape index (κ1) is 87.4. The third-order valence-corrected chi connectivity index (χ3v) is 21.7. The molecule has 2 saturated carbocycles. The van der Waals surface area contributed by atoms with Crippen LogP contribution in [0.15, 0.2) is 95.0 Å². The molecular formula is C88H115N7O21. The Kier molecular flexibility index (Phi) is 34.6. The van der Waals surface area contributed by atoms with Crippen molar-refractivity contribution in [1.82, 2.24) is 25.8 Å². The number of hydrogen-bond acceptors (Lipinski definition) is 23. The molecule has 5 amide bonds. The molecule has 2 fully saturated rings. The van der Waals surface area contributed by atoms with Gasteiger partial charge in [-0.15, -0.1) is 0 Å². The van der Waals surface area contributed by atoms with E-state index in [1.165, 1.54) is 65.6 Å². The molecular weight excluding hydrogens is 1490 g/mol. The average molecular weight is 1610 g/mol. The summed E-state index contributed by atoms with van der Waals surface area (Å²) in [6.07, 6.45) is 22.5. The number of amides is 5. The molecule has 4 heterocycles. The van der Waals surface area contributed by atoms with Gasteiger partial charge in [0.25, 0.3) is 5.91 Å². The predicted octanol–water partition coefficient (Wildman–Crippen LogP) is 10.7. The van der Waals surface area contributed by atoms with Crippen molar-refractivity contribution in [1.29, 1.82) is 0 Å². The molecule has 0 spiro atoms. The van der Waals surface area contributed by atoms with Gasteiger partial charge in [0.15, 0.2) is 39.9 Å². The van der Waals surface area contributed by atoms with Crippen LogP contribution in [-0.4, -0.2) is 216 Å². The summed E-state index contributed by atoms with van der Waals surface area (Å²) in [4.78, 5) is 104. The Morgan fingerprint density at radius 3 is 1.84 bits per heavy atom. The summed E-state index contributed by atoms with van der Waals surface area (Å²) < 4.78 is 79.6. The van der Waals surface area contributed by atoms with E-state index in [1.54, 1.807) is 74.5 Å². The Balaban J connectivity index is 0.484. The number of fused-ring (bicyclic) bond motifs is 5. The fraction of sp³-hybridized carbons (Fsp3) is 0.557. The van der Waals surface area contributed by atoms with Gasteiger partial charge in [-0.05, 0) is 115 Å². The highest BCUT2D eigenvalue weighted by Crippen LogP contribution is 2.43. The van der Waals surface area contributed by atoms with Crippen LogP contribution in [0.1, 0.15) is 150 Å². The van der Waals surface area contributed by atoms with Gasteiger partial charge in [-0.2, -0.15) is 0 Å². The molecule has 628 valence electrons. The van der Waals surface area contributed by atoms with Crippen molar-refractivity contribution in [3.63, 3.8) is 0 Å². The molecule has 28 heteroatoms. The number of methoxy groups -OCH3 is 2. The number of benzene rings is 4. The van der Waals surface area contributed by atoms with Crippen LogP contribution in [0.4, 0.5) is 11.4 Å². The number of aliphatic imine (C=N–C) groups is 1. The van der Waals surface area contributed by atoms with E-state index in [4.69, 9.17) is 76.3 Å². The smallest absolute Gasteiger partial charge is 0.260 e. The molecule has 4 N–H and O–H groups in total. The van der Waals surface area contributed by atoms with Crippen LogP contribution in [-0.2, 0) is 74.7 Å². The lowest BCUT2D eigenvalue weighted by molar-refractivity contribution is -0.132. The number of nitrogens with one attached hydrogen (secondary N) is 4. The first-order chi connectivity index (χ1) is 56.6. The number of carbonyl (C=O) groups excluding carboxylic acids is 6. The summed E-state index contributed by atoms with van der Waals surface area (Å²) in [5, 5.41) is 11.7. The van der Waals surface area contributed by atoms with Crippen LogP contribution in [0, 0.1) is 23.7 Å². The Bertz CT molecular complexity index is 4260. The van der Waals surface area contributed by atoms with Crippen molar-refractivity contribution < 1.29 is 95.1 Å². The third kappa shape index (κ3) is 25.8. The van der Waals surface area contributed by atoms with Crippen LogP contribution in [0.3, 0.4) is 0 Å². The number of allylic oxidation sites excluding steroid dienone is 2. The number of rotatable bonds is 47. The SMILES string of the molecule is COc1cc2c(cc1OCCCOc1cc3ncc4c(c(=O)c3cc1OC)CC=C(c1ccc3c(c1)OCO3)C4)N=CC1CC(c3ccc(NC(=O)C(C)NC(=O)C(NC(=O)CCOCCOCCOCCOCCOCCOCCOCCOCCNC(=O)CCC4CC(C5CCCCCCCC5)CC4=O)C(C)C)cc3)=CN1C2=O. The lowest BCUT2D eigenvalue weighted by Crippen LogP contribution is -2.53. The predicted molar refractivity (Wildman–Crippen MR) is 436 cm³/mol. The number of carbonyl (C=O) groups is 6. The van der Waals surface area contributed by atoms with Gasteiger partial charge in [-0.1, -0.05) is 89.5 Å². The van der Waals surface area contributed by atoms with E-state index < -0.39 is 23.9 Å². The number of ether oxygens (including phenoxy) is 14. The van der Waals surface area contributed by atoms with Gasteiger partial charge in [0, 0.05) is 86.6 Å². The summed E-state index contributed by atoms with van der Waals surface area (Å²) in [5.41, 5.74) is 7.00. The second-order valence-corrected chi connectivity index (χ2v) is 30.2. The fourth-order valence-electron chi connectivity index (χ4n) is 15.2. The molecule has 6 aliphatic rings. The van der Waals surface area contributed by atoms with Gasteiger partial charge in [0.1, 0.15) is 17.9 Å². The molecule has 1 aromatic heterocycles. The van der Waals surface area contributed by atoms with Gasteiger partial charge in [-0.3, -0.25) is 43.5 Å². The monoisotopic (exact) mass is 1610 g/mol. The quantitative estimate of drug-likeness (QED) is 0.0263. The number of anilines is 1. The Labute approximate surface area is 679 Å². The molecule has 3 aliphatic heterocycles. The van der Waals surface area contributed by atoms with Gasteiger partial charge < -0.3 is 92.5 Å². The molecule has 0 bridgehead atoms. The minimum Gasteiger partial charge on any atom is -0.493 e. The lowest BCUT2D eigenvalue weighted by atomic mass is 9.82. The molecule has 11 rings (SSSR count). The number of aromatic nitrogens is 1. The molecule has 116 heavy (non-hydrogen) atoms. The first-order valence-electron chi connectivity index (χ1n) is 41.2. The number of hydrogen-bond donors (Lipinski definition) is 4. The minimum absolute atomic E-state index is 0.0176. The second kappa shape index (κ2) is 45.9. The van der Waals surface area contributed by atoms with Gasteiger partial charge >= 0.3 is 0 Å². The highest BCUT2D eigenvalue weighted by atomic mass is 16.7. The number of nitrogens with zero attached hydrogens (tertiary/aromatic N) is 3. The van der Waals surface area contributed by atoms with E-state index in [9.17, 15) is 33.6 Å². The van der Waals surface area contributed by atoms with Crippen molar-refractivity contribution >= 4 is 75.0 Å². The topological polar surface area (TPSA) is 325 Å². The highest BCUT2D eigenvalue weighted by Gasteiger charge is 2.38. The van der Waals surface area contributed by atoms with Crippen LogP contribution in [0.25, 0.3) is 22.0 Å². The minimum atomic E-state index is -0.941. The Hall–Kier alpha value is -9.39. The van der Waals surface area contributed by atoms with Crippen molar-refractivity contribution in [3.05, 3.63) is 123 Å². The number of Topliss-reactive ketones (excluding diaryl/α,β-unsaturated/α-hetero) is 1. The maximum Gasteiger partial charge on any atom is 0.260 e. The lowest BCUT2D eigenvalue weighted by Gasteiger charge is -2.24. The normalized spacial score (nSPS) is 17.7. The van der Waals surface area contributed by atoms with Crippen molar-refractivity contribution in [2.75, 3.05) is 152 Å². The maximum atomic E-state index is 14.2. The largest absolute Gasteiger partial charge is 0.493 e. The molecule has 28 nitrogen and oxygen atoms in total. The summed E-state index contributed by atoms with van der Waals surface area (Å²) in [5.74, 6) is 2.69. The van der Waals surface area contributed by atoms with Crippen LogP contribution >= 0.6 is 0 Å². The van der Waals surface area contributed by atoms with Crippen molar-refractivity contribution in [2.45, 2.75) is 148 Å². The van der Waals surface area contributed by atoms with Gasteiger partial charge in [-0.25, -0.2) is 0 Å². The highest BCUT2D eigenvalue weighted by molar-refractivity contribution is 6.06. The fourth-order valence-corrected chi connectivity index (χ4v) is 15.2. The zero-order valence-electron chi connectivity index (χ0n) is 67.8. The third-order valence-electron chi connectivity index (χ3n) is 21.7. The van der Waals surface area contributed by atoms with E-state index in [-0.39, 0.29) is 80.7 Å². The van der Waals surface area contributed by atoms with E-state index in [1.807, 2.05) is 36.5 Å². The molecule has 5 aromatic rings. The molecule has 4 aromatic carbocycles. The summed E-state index contributed by atoms with van der Waals surface area (Å²) in [7, 11) is 3.04. The van der Waals surface area contributed by atoms with E-state index >= 15 is 0 Å². The average Bonchev–Trinajstić information content (AvgIpc) is 1.60. The Morgan fingerprint density at radius 1 is 0.586 bits per heavy atom. The molecule has 5 unspecified atom stereocenters. The van der Waals surface area contributed by atoms with Crippen LogP contribution in [0.5, 0.6) is 34.5 Å². The zero-order valence-corrected chi connectivity index (χ0v) is 67.8. The summed E-state index contributed by atoms with van der Waals surface area (Å²) in [6, 6.07) is 17.6. The molecule has 0 saturated heterocycles. The molecule has 3 aliphatic carbocycles. The van der Waals surface area contributed by atoms with Crippen LogP contribution in [0.2, 0.25) is 0 Å².